The molecule has 0 aromatic heterocycles. The van der Waals surface area contributed by atoms with Crippen LogP contribution in [0, 0.1) is 0 Å². The average Bonchev–Trinajstić information content (AvgIpc) is 2.44. The summed E-state index contributed by atoms with van der Waals surface area (Å²) in [5, 5.41) is 2.66. The van der Waals surface area contributed by atoms with Crippen molar-refractivity contribution in [2.75, 3.05) is 32.5 Å². The molecular weight excluding hydrogens is 258 g/mol. The fraction of sp³-hybridized carbons (Fsp3) is 0.429. The number of hydrogen-bond donors (Lipinski definition) is 2. The van der Waals surface area contributed by atoms with Crippen LogP contribution >= 0.6 is 0 Å². The van der Waals surface area contributed by atoms with E-state index in [0.717, 1.165) is 0 Å². The average molecular weight is 279 g/mol. The van der Waals surface area contributed by atoms with Gasteiger partial charge in [0.05, 0.1) is 13.7 Å². The van der Waals surface area contributed by atoms with Gasteiger partial charge in [0.2, 0.25) is 5.91 Å². The molecule has 2 amide bonds. The van der Waals surface area contributed by atoms with Gasteiger partial charge in [-0.25, -0.2) is 0 Å². The third-order valence-corrected chi connectivity index (χ3v) is 2.87. The van der Waals surface area contributed by atoms with Crippen molar-refractivity contribution in [2.45, 2.75) is 13.8 Å². The van der Waals surface area contributed by atoms with E-state index in [1.807, 2.05) is 13.8 Å². The van der Waals surface area contributed by atoms with Crippen LogP contribution in [0.3, 0.4) is 0 Å². The van der Waals surface area contributed by atoms with Gasteiger partial charge in [0.15, 0.2) is 0 Å². The Morgan fingerprint density at radius 2 is 2.05 bits per heavy atom. The lowest BCUT2D eigenvalue weighted by Crippen LogP contribution is -2.40. The number of nitrogens with two attached hydrogens (primary N) is 1. The second-order valence-corrected chi connectivity index (χ2v) is 4.20. The molecule has 0 saturated heterocycles. The van der Waals surface area contributed by atoms with Gasteiger partial charge in [-0.1, -0.05) is 6.07 Å². The highest BCUT2D eigenvalue weighted by atomic mass is 16.5. The Bertz CT molecular complexity index is 489. The second-order valence-electron chi connectivity index (χ2n) is 4.20. The summed E-state index contributed by atoms with van der Waals surface area (Å²) in [4.78, 5) is 25.6. The van der Waals surface area contributed by atoms with Gasteiger partial charge in [0.1, 0.15) is 11.3 Å². The van der Waals surface area contributed by atoms with E-state index in [9.17, 15) is 9.59 Å². The first-order valence-corrected chi connectivity index (χ1v) is 6.53. The molecule has 0 bridgehead atoms. The van der Waals surface area contributed by atoms with Crippen molar-refractivity contribution in [3.8, 4) is 5.75 Å². The summed E-state index contributed by atoms with van der Waals surface area (Å²) in [7, 11) is 1.48. The van der Waals surface area contributed by atoms with Gasteiger partial charge in [-0.05, 0) is 26.0 Å². The molecule has 0 unspecified atom stereocenters. The molecule has 0 aliphatic heterocycles. The first-order valence-electron chi connectivity index (χ1n) is 6.53. The fourth-order valence-electron chi connectivity index (χ4n) is 1.86. The number of hydrogen-bond acceptors (Lipinski definition) is 4. The maximum Gasteiger partial charge on any atom is 0.260 e. The van der Waals surface area contributed by atoms with E-state index in [1.165, 1.54) is 12.0 Å². The molecule has 0 spiro atoms. The number of nitrogen functional groups attached to an aromatic ring is 1. The van der Waals surface area contributed by atoms with Crippen LogP contribution in [0.2, 0.25) is 0 Å². The van der Waals surface area contributed by atoms with Gasteiger partial charge >= 0.3 is 0 Å². The Kier molecular flexibility index (Phi) is 5.83. The lowest BCUT2D eigenvalue weighted by atomic mass is 10.1. The van der Waals surface area contributed by atoms with Gasteiger partial charge in [0.25, 0.3) is 5.91 Å². The van der Waals surface area contributed by atoms with Crippen LogP contribution in [0.25, 0.3) is 0 Å². The molecule has 3 N–H and O–H groups in total. The number of carbonyl (C=O) groups is 2. The topological polar surface area (TPSA) is 84.7 Å². The molecule has 1 aromatic carbocycles. The van der Waals surface area contributed by atoms with Crippen LogP contribution in [-0.4, -0.2) is 43.5 Å². The molecule has 0 aliphatic carbocycles. The van der Waals surface area contributed by atoms with E-state index in [1.54, 1.807) is 18.2 Å². The normalized spacial score (nSPS) is 9.95. The van der Waals surface area contributed by atoms with Crippen molar-refractivity contribution in [1.29, 1.82) is 0 Å². The number of ether oxygens (including phenoxy) is 1. The van der Waals surface area contributed by atoms with Gasteiger partial charge in [-0.2, -0.15) is 0 Å². The second kappa shape index (κ2) is 7.37. The predicted molar refractivity (Wildman–Crippen MR) is 77.7 cm³/mol. The molecule has 0 radical (unpaired) electrons. The highest BCUT2D eigenvalue weighted by Gasteiger charge is 2.22. The number of likely N-dealkylation sites (N-methyl/N-ethyl adjacent to an activating group) is 2. The minimum atomic E-state index is -0.311. The lowest BCUT2D eigenvalue weighted by molar-refractivity contribution is -0.121. The Hall–Kier alpha value is -2.24. The highest BCUT2D eigenvalue weighted by Crippen LogP contribution is 2.25. The van der Waals surface area contributed by atoms with Crippen LogP contribution in [0.1, 0.15) is 24.2 Å². The zero-order chi connectivity index (χ0) is 15.1. The van der Waals surface area contributed by atoms with Crippen molar-refractivity contribution in [2.24, 2.45) is 0 Å². The quantitative estimate of drug-likeness (QED) is 0.757. The predicted octanol–water partition coefficient (Wildman–Crippen LogP) is 0.876. The standard InChI is InChI=1S/C14H21N3O3/c1-4-16-12(18)9-17(5-2)14(19)13-10(15)7-6-8-11(13)20-3/h6-8H,4-5,9,15H2,1-3H3,(H,16,18). The molecular formula is C14H21N3O3. The number of methoxy groups -OCH3 is 1. The van der Waals surface area contributed by atoms with Gasteiger partial charge in [-0.3, -0.25) is 9.59 Å². The Labute approximate surface area is 118 Å². The molecule has 6 nitrogen and oxygen atoms in total. The number of benzene rings is 1. The number of nitrogens with zero attached hydrogens (tertiary/aromatic N) is 1. The molecule has 0 atom stereocenters. The Morgan fingerprint density at radius 3 is 2.60 bits per heavy atom. The number of rotatable bonds is 6. The fourth-order valence-corrected chi connectivity index (χ4v) is 1.86. The Balaban J connectivity index is 3.00. The largest absolute Gasteiger partial charge is 0.496 e. The zero-order valence-corrected chi connectivity index (χ0v) is 12.1. The number of anilines is 1. The molecule has 1 rings (SSSR count). The first kappa shape index (κ1) is 15.8. The first-order chi connectivity index (χ1) is 9.54. The lowest BCUT2D eigenvalue weighted by Gasteiger charge is -2.22. The van der Waals surface area contributed by atoms with E-state index < -0.39 is 0 Å². The van der Waals surface area contributed by atoms with Crippen LogP contribution in [0.15, 0.2) is 18.2 Å². The molecule has 0 heterocycles. The molecule has 6 heteroatoms. The van der Waals surface area contributed by atoms with E-state index in [0.29, 0.717) is 30.1 Å². The SMILES string of the molecule is CCNC(=O)CN(CC)C(=O)c1c(N)cccc1OC. The molecule has 0 fully saturated rings. The Morgan fingerprint density at radius 1 is 1.35 bits per heavy atom. The van der Waals surface area contributed by atoms with E-state index in [-0.39, 0.29) is 18.4 Å². The van der Waals surface area contributed by atoms with Crippen molar-refractivity contribution in [3.05, 3.63) is 23.8 Å². The monoisotopic (exact) mass is 279 g/mol. The number of nitrogens with one attached hydrogen (secondary N) is 1. The van der Waals surface area contributed by atoms with Crippen molar-refractivity contribution >= 4 is 17.5 Å². The number of carbonyl (C=O) groups excluding carboxylic acids is 2. The van der Waals surface area contributed by atoms with Crippen molar-refractivity contribution < 1.29 is 14.3 Å². The smallest absolute Gasteiger partial charge is 0.260 e. The molecule has 1 aromatic rings. The third kappa shape index (κ3) is 3.63. The molecule has 0 saturated carbocycles. The van der Waals surface area contributed by atoms with Crippen molar-refractivity contribution in [1.82, 2.24) is 10.2 Å². The minimum absolute atomic E-state index is 0.000657. The zero-order valence-electron chi connectivity index (χ0n) is 12.1. The minimum Gasteiger partial charge on any atom is -0.496 e. The summed E-state index contributed by atoms with van der Waals surface area (Å²) in [5.74, 6) is -0.103. The third-order valence-electron chi connectivity index (χ3n) is 2.87. The van der Waals surface area contributed by atoms with E-state index >= 15 is 0 Å². The maximum atomic E-state index is 12.5. The maximum absolute atomic E-state index is 12.5. The van der Waals surface area contributed by atoms with Crippen LogP contribution in [0.5, 0.6) is 5.75 Å². The summed E-state index contributed by atoms with van der Waals surface area (Å²) >= 11 is 0. The number of amides is 2. The van der Waals surface area contributed by atoms with Crippen LogP contribution in [-0.2, 0) is 4.79 Å². The summed E-state index contributed by atoms with van der Waals surface area (Å²) in [6.07, 6.45) is 0. The molecule has 20 heavy (non-hydrogen) atoms. The van der Waals surface area contributed by atoms with E-state index in [4.69, 9.17) is 10.5 Å². The van der Waals surface area contributed by atoms with Crippen molar-refractivity contribution in [3.63, 3.8) is 0 Å². The molecule has 0 aliphatic rings. The highest BCUT2D eigenvalue weighted by molar-refractivity contribution is 6.03. The van der Waals surface area contributed by atoms with Gasteiger partial charge in [0, 0.05) is 18.8 Å². The summed E-state index contributed by atoms with van der Waals surface area (Å²) < 4.78 is 5.17. The summed E-state index contributed by atoms with van der Waals surface area (Å²) in [6.45, 7) is 4.58. The molecule has 110 valence electrons. The summed E-state index contributed by atoms with van der Waals surface area (Å²) in [5.41, 5.74) is 6.48. The van der Waals surface area contributed by atoms with Crippen LogP contribution in [0.4, 0.5) is 5.69 Å². The summed E-state index contributed by atoms with van der Waals surface area (Å²) in [6, 6.07) is 5.02. The van der Waals surface area contributed by atoms with Gasteiger partial charge < -0.3 is 20.7 Å². The van der Waals surface area contributed by atoms with Gasteiger partial charge in [-0.15, -0.1) is 0 Å². The van der Waals surface area contributed by atoms with Crippen LogP contribution < -0.4 is 15.8 Å². The van der Waals surface area contributed by atoms with E-state index in [2.05, 4.69) is 5.32 Å².